The molecule has 0 radical (unpaired) electrons. The average molecular weight is 364 g/mol. The minimum absolute atomic E-state index is 0.0394. The maximum atomic E-state index is 12.4. The van der Waals surface area contributed by atoms with Crippen molar-refractivity contribution in [3.05, 3.63) is 42.0 Å². The third kappa shape index (κ3) is 3.22. The van der Waals surface area contributed by atoms with E-state index < -0.39 is 16.2 Å². The van der Waals surface area contributed by atoms with Crippen LogP contribution in [0.1, 0.15) is 5.56 Å². The van der Waals surface area contributed by atoms with Gasteiger partial charge < -0.3 is 18.9 Å². The summed E-state index contributed by atoms with van der Waals surface area (Å²) in [5, 5.41) is 0. The highest BCUT2D eigenvalue weighted by atomic mass is 32.2. The van der Waals surface area contributed by atoms with Gasteiger partial charge in [-0.25, -0.2) is 0 Å². The molecule has 2 aliphatic rings. The van der Waals surface area contributed by atoms with Gasteiger partial charge >= 0.3 is 0 Å². The molecule has 7 nitrogen and oxygen atoms in total. The fraction of sp³-hybridized carbons (Fsp3) is 0.294. The van der Waals surface area contributed by atoms with Crippen molar-refractivity contribution in [2.75, 3.05) is 20.0 Å². The highest BCUT2D eigenvalue weighted by Gasteiger charge is 2.28. The zero-order valence-corrected chi connectivity index (χ0v) is 14.2. The molecule has 132 valence electrons. The second-order valence-corrected chi connectivity index (χ2v) is 7.33. The van der Waals surface area contributed by atoms with Crippen LogP contribution >= 0.6 is 0 Å². The first-order chi connectivity index (χ1) is 12.0. The average Bonchev–Trinajstić information content (AvgIpc) is 2.95. The first kappa shape index (κ1) is 16.0. The largest absolute Gasteiger partial charge is 0.487 e. The molecular formula is C17H16O7S. The zero-order chi connectivity index (χ0) is 17.4. The highest BCUT2D eigenvalue weighted by Crippen LogP contribution is 2.43. The molecule has 25 heavy (non-hydrogen) atoms. The normalized spacial score (nSPS) is 16.5. The van der Waals surface area contributed by atoms with Crippen LogP contribution in [0.15, 0.2) is 41.3 Å². The molecule has 0 atom stereocenters. The molecule has 0 saturated carbocycles. The van der Waals surface area contributed by atoms with Crippen molar-refractivity contribution in [1.82, 2.24) is 0 Å². The molecule has 2 aromatic carbocycles. The molecule has 0 saturated heterocycles. The van der Waals surface area contributed by atoms with Crippen LogP contribution in [0.5, 0.6) is 23.0 Å². The molecule has 2 aliphatic heterocycles. The first-order valence-corrected chi connectivity index (χ1v) is 9.11. The Labute approximate surface area is 145 Å². The van der Waals surface area contributed by atoms with E-state index in [0.717, 1.165) is 5.56 Å². The van der Waals surface area contributed by atoms with E-state index in [-0.39, 0.29) is 24.9 Å². The molecule has 0 unspecified atom stereocenters. The number of aryl methyl sites for hydroxylation is 1. The van der Waals surface area contributed by atoms with Crippen LogP contribution in [-0.2, 0) is 14.3 Å². The molecule has 2 heterocycles. The lowest BCUT2D eigenvalue weighted by molar-refractivity contribution is 0.105. The standard InChI is InChI=1S/C17H16O7S/c1-11-2-4-13(5-3-11)25(18,19)24-12-8-20-14-6-16-17(23-10-22-16)7-15(14)21-9-12/h2-7,12H,8-10H2,1H3. The van der Waals surface area contributed by atoms with E-state index in [2.05, 4.69) is 0 Å². The van der Waals surface area contributed by atoms with Gasteiger partial charge in [-0.3, -0.25) is 4.18 Å². The van der Waals surface area contributed by atoms with E-state index in [9.17, 15) is 8.42 Å². The van der Waals surface area contributed by atoms with Crippen LogP contribution in [0, 0.1) is 6.92 Å². The van der Waals surface area contributed by atoms with Gasteiger partial charge in [-0.15, -0.1) is 0 Å². The molecule has 0 amide bonds. The van der Waals surface area contributed by atoms with Gasteiger partial charge in [-0.05, 0) is 19.1 Å². The number of ether oxygens (including phenoxy) is 4. The molecule has 0 bridgehead atoms. The van der Waals surface area contributed by atoms with E-state index in [1.165, 1.54) is 12.1 Å². The lowest BCUT2D eigenvalue weighted by Gasteiger charge is -2.14. The van der Waals surface area contributed by atoms with E-state index in [1.807, 2.05) is 6.92 Å². The molecule has 8 heteroatoms. The fourth-order valence-corrected chi connectivity index (χ4v) is 3.59. The second-order valence-electron chi connectivity index (χ2n) is 5.76. The van der Waals surface area contributed by atoms with Gasteiger partial charge in [-0.2, -0.15) is 8.42 Å². The topological polar surface area (TPSA) is 80.3 Å². The monoisotopic (exact) mass is 364 g/mol. The maximum Gasteiger partial charge on any atom is 0.297 e. The predicted octanol–water partition coefficient (Wildman–Crippen LogP) is 2.27. The van der Waals surface area contributed by atoms with E-state index in [0.29, 0.717) is 23.0 Å². The van der Waals surface area contributed by atoms with Crippen LogP contribution < -0.4 is 18.9 Å². The quantitative estimate of drug-likeness (QED) is 0.773. The smallest absolute Gasteiger partial charge is 0.297 e. The van der Waals surface area contributed by atoms with Crippen LogP contribution in [-0.4, -0.2) is 34.5 Å². The van der Waals surface area contributed by atoms with Gasteiger partial charge in [0, 0.05) is 12.1 Å². The van der Waals surface area contributed by atoms with Crippen LogP contribution in [0.25, 0.3) is 0 Å². The summed E-state index contributed by atoms with van der Waals surface area (Å²) in [7, 11) is -3.90. The molecule has 2 aromatic rings. The Morgan fingerprint density at radius 3 is 1.96 bits per heavy atom. The molecular weight excluding hydrogens is 348 g/mol. The van der Waals surface area contributed by atoms with Gasteiger partial charge in [0.15, 0.2) is 23.0 Å². The third-order valence-electron chi connectivity index (χ3n) is 3.86. The Bertz CT molecular complexity index is 855. The summed E-state index contributed by atoms with van der Waals surface area (Å²) in [6, 6.07) is 9.78. The van der Waals surface area contributed by atoms with Crippen molar-refractivity contribution < 1.29 is 31.5 Å². The molecule has 0 N–H and O–H groups in total. The minimum atomic E-state index is -3.90. The minimum Gasteiger partial charge on any atom is -0.487 e. The van der Waals surface area contributed by atoms with E-state index in [1.54, 1.807) is 24.3 Å². The Hall–Kier alpha value is -2.45. The summed E-state index contributed by atoms with van der Waals surface area (Å²) in [5.41, 5.74) is 0.966. The first-order valence-electron chi connectivity index (χ1n) is 7.70. The fourth-order valence-electron chi connectivity index (χ4n) is 2.54. The van der Waals surface area contributed by atoms with E-state index >= 15 is 0 Å². The van der Waals surface area contributed by atoms with Crippen molar-refractivity contribution in [1.29, 1.82) is 0 Å². The maximum absolute atomic E-state index is 12.4. The highest BCUT2D eigenvalue weighted by molar-refractivity contribution is 7.86. The second kappa shape index (κ2) is 6.12. The van der Waals surface area contributed by atoms with Crippen LogP contribution in [0.3, 0.4) is 0 Å². The Kier molecular flexibility index (Phi) is 3.93. The molecule has 4 rings (SSSR count). The van der Waals surface area contributed by atoms with Gasteiger partial charge in [0.25, 0.3) is 10.1 Å². The van der Waals surface area contributed by atoms with Crippen LogP contribution in [0.4, 0.5) is 0 Å². The number of rotatable bonds is 3. The number of benzene rings is 2. The number of hydrogen-bond donors (Lipinski definition) is 0. The SMILES string of the molecule is Cc1ccc(S(=O)(=O)OC2COc3cc4c(cc3OC2)OCO4)cc1. The van der Waals surface area contributed by atoms with Crippen molar-refractivity contribution in [2.45, 2.75) is 17.9 Å². The van der Waals surface area contributed by atoms with E-state index in [4.69, 9.17) is 23.1 Å². The molecule has 0 aliphatic carbocycles. The number of hydrogen-bond acceptors (Lipinski definition) is 7. The lowest BCUT2D eigenvalue weighted by Crippen LogP contribution is -2.29. The number of fused-ring (bicyclic) bond motifs is 2. The molecule has 0 fully saturated rings. The van der Waals surface area contributed by atoms with Crippen molar-refractivity contribution in [3.63, 3.8) is 0 Å². The summed E-state index contributed by atoms with van der Waals surface area (Å²) >= 11 is 0. The summed E-state index contributed by atoms with van der Waals surface area (Å²) in [6.45, 7) is 2.11. The lowest BCUT2D eigenvalue weighted by atomic mass is 10.2. The van der Waals surface area contributed by atoms with Crippen LogP contribution in [0.2, 0.25) is 0 Å². The van der Waals surface area contributed by atoms with Gasteiger partial charge in [0.05, 0.1) is 4.90 Å². The van der Waals surface area contributed by atoms with Gasteiger partial charge in [0.1, 0.15) is 19.3 Å². The Morgan fingerprint density at radius 1 is 0.880 bits per heavy atom. The molecule has 0 aromatic heterocycles. The van der Waals surface area contributed by atoms with Crippen molar-refractivity contribution in [3.8, 4) is 23.0 Å². The summed E-state index contributed by atoms with van der Waals surface area (Å²) in [4.78, 5) is 0.0978. The zero-order valence-electron chi connectivity index (χ0n) is 13.4. The Morgan fingerprint density at radius 2 is 1.40 bits per heavy atom. The summed E-state index contributed by atoms with van der Waals surface area (Å²) in [5.74, 6) is 2.05. The van der Waals surface area contributed by atoms with Gasteiger partial charge in [-0.1, -0.05) is 17.7 Å². The molecule has 0 spiro atoms. The predicted molar refractivity (Wildman–Crippen MR) is 86.8 cm³/mol. The van der Waals surface area contributed by atoms with Crippen molar-refractivity contribution >= 4 is 10.1 Å². The van der Waals surface area contributed by atoms with Gasteiger partial charge in [0.2, 0.25) is 6.79 Å². The summed E-state index contributed by atoms with van der Waals surface area (Å²) in [6.07, 6.45) is -0.768. The van der Waals surface area contributed by atoms with Crippen molar-refractivity contribution in [2.24, 2.45) is 0 Å². The third-order valence-corrected chi connectivity index (χ3v) is 5.24. The Balaban J connectivity index is 1.49. The summed E-state index contributed by atoms with van der Waals surface area (Å²) < 4.78 is 51.9.